The molecule has 0 aliphatic carbocycles. The summed E-state index contributed by atoms with van der Waals surface area (Å²) in [5.74, 6) is 0.467. The highest BCUT2D eigenvalue weighted by molar-refractivity contribution is 8.07. The van der Waals surface area contributed by atoms with Gasteiger partial charge in [0.05, 0.1) is 19.5 Å². The Balaban J connectivity index is 3.27. The van der Waals surface area contributed by atoms with Crippen LogP contribution >= 0.6 is 23.5 Å². The van der Waals surface area contributed by atoms with Crippen LogP contribution in [-0.4, -0.2) is 24.6 Å². The Hall–Kier alpha value is -1.70. The maximum Gasteiger partial charge on any atom is 0.200 e. The highest BCUT2D eigenvalue weighted by Gasteiger charge is 2.24. The fraction of sp³-hybridized carbons (Fsp3) is 0.385. The maximum atomic E-state index is 9.89. The van der Waals surface area contributed by atoms with Crippen molar-refractivity contribution in [2.75, 3.05) is 14.2 Å². The molecule has 1 aromatic rings. The van der Waals surface area contributed by atoms with E-state index in [9.17, 15) is 5.11 Å². The van der Waals surface area contributed by atoms with Crippen LogP contribution in [0.1, 0.15) is 17.7 Å². The quantitative estimate of drug-likeness (QED) is 0.807. The Morgan fingerprint density at radius 1 is 1.10 bits per heavy atom. The van der Waals surface area contributed by atoms with E-state index in [-0.39, 0.29) is 27.7 Å². The van der Waals surface area contributed by atoms with E-state index in [0.717, 1.165) is 29.1 Å². The third-order valence-corrected chi connectivity index (χ3v) is 4.64. The largest absolute Gasteiger partial charge is 0.502 e. The Labute approximate surface area is 126 Å². The van der Waals surface area contributed by atoms with Gasteiger partial charge in [-0.3, -0.25) is 0 Å². The number of rotatable bonds is 6. The normalized spacial score (nSPS) is 12.8. The second-order valence-corrected chi connectivity index (χ2v) is 5.91. The summed E-state index contributed by atoms with van der Waals surface area (Å²) in [4.78, 5) is 0. The minimum Gasteiger partial charge on any atom is -0.502 e. The molecule has 0 aromatic heterocycles. The predicted molar refractivity (Wildman–Crippen MR) is 79.8 cm³/mol. The van der Waals surface area contributed by atoms with Gasteiger partial charge in [0.15, 0.2) is 11.5 Å². The van der Waals surface area contributed by atoms with Gasteiger partial charge in [-0.15, -0.1) is 0 Å². The van der Waals surface area contributed by atoms with Crippen LogP contribution in [0, 0.1) is 21.3 Å². The fourth-order valence-corrected chi connectivity index (χ4v) is 3.07. The fourth-order valence-electron chi connectivity index (χ4n) is 1.71. The summed E-state index contributed by atoms with van der Waals surface area (Å²) >= 11 is 2.16. The highest BCUT2D eigenvalue weighted by Crippen LogP contribution is 2.44. The second kappa shape index (κ2) is 7.78. The van der Waals surface area contributed by atoms with Crippen molar-refractivity contribution in [1.82, 2.24) is 0 Å². The Kier molecular flexibility index (Phi) is 6.37. The molecule has 1 aromatic carbocycles. The molecule has 0 spiro atoms. The smallest absolute Gasteiger partial charge is 0.200 e. The van der Waals surface area contributed by atoms with E-state index < -0.39 is 0 Å². The molecule has 0 saturated heterocycles. The molecule has 0 heterocycles. The SMILES string of the molecule is COc1cc([C@@H](SC#N)[C@@H](C)SC#N)cc(OC)c1O. The van der Waals surface area contributed by atoms with E-state index in [4.69, 9.17) is 20.0 Å². The zero-order valence-corrected chi connectivity index (χ0v) is 12.9. The van der Waals surface area contributed by atoms with Crippen molar-refractivity contribution in [2.45, 2.75) is 17.4 Å². The molecular weight excluding hydrogens is 296 g/mol. The van der Waals surface area contributed by atoms with Crippen molar-refractivity contribution in [3.63, 3.8) is 0 Å². The first-order valence-electron chi connectivity index (χ1n) is 5.63. The zero-order valence-electron chi connectivity index (χ0n) is 11.3. The summed E-state index contributed by atoms with van der Waals surface area (Å²) in [5.41, 5.74) is 0.762. The number of hydrogen-bond acceptors (Lipinski definition) is 7. The summed E-state index contributed by atoms with van der Waals surface area (Å²) in [6.45, 7) is 1.87. The molecule has 0 bridgehead atoms. The number of phenolic OH excluding ortho intramolecular Hbond substituents is 1. The lowest BCUT2D eigenvalue weighted by Gasteiger charge is -2.20. The summed E-state index contributed by atoms with van der Waals surface area (Å²) in [6, 6.07) is 3.31. The van der Waals surface area contributed by atoms with Gasteiger partial charge in [-0.05, 0) is 41.2 Å². The first-order valence-corrected chi connectivity index (χ1v) is 7.39. The molecule has 0 unspecified atom stereocenters. The van der Waals surface area contributed by atoms with Gasteiger partial charge in [0.2, 0.25) is 5.75 Å². The van der Waals surface area contributed by atoms with Crippen molar-refractivity contribution < 1.29 is 14.6 Å². The van der Waals surface area contributed by atoms with Gasteiger partial charge in [0.1, 0.15) is 10.8 Å². The third-order valence-electron chi connectivity index (χ3n) is 2.68. The monoisotopic (exact) mass is 310 g/mol. The Bertz CT molecular complexity index is 527. The molecule has 5 nitrogen and oxygen atoms in total. The lowest BCUT2D eigenvalue weighted by atomic mass is 10.1. The van der Waals surface area contributed by atoms with Crippen molar-refractivity contribution in [3.05, 3.63) is 17.7 Å². The van der Waals surface area contributed by atoms with Crippen molar-refractivity contribution in [3.8, 4) is 28.1 Å². The molecule has 0 amide bonds. The van der Waals surface area contributed by atoms with Crippen LogP contribution in [0.15, 0.2) is 12.1 Å². The summed E-state index contributed by atoms with van der Waals surface area (Å²) in [5, 5.41) is 31.3. The van der Waals surface area contributed by atoms with Crippen LogP contribution in [0.4, 0.5) is 0 Å². The lowest BCUT2D eigenvalue weighted by molar-refractivity contribution is 0.339. The standard InChI is InChI=1S/C13H14N2O3S2/c1-8(19-6-14)13(20-7-15)9-4-10(17-2)12(16)11(5-9)18-3/h4-5,8,13,16H,1-3H3/t8-,13+/m1/s1. The molecule has 1 N–H and O–H groups in total. The van der Waals surface area contributed by atoms with Gasteiger partial charge < -0.3 is 14.6 Å². The molecule has 2 atom stereocenters. The van der Waals surface area contributed by atoms with E-state index in [0.29, 0.717) is 0 Å². The van der Waals surface area contributed by atoms with Crippen LogP contribution in [0.2, 0.25) is 0 Å². The van der Waals surface area contributed by atoms with Crippen molar-refractivity contribution in [2.24, 2.45) is 0 Å². The molecule has 0 aliphatic heterocycles. The van der Waals surface area contributed by atoms with Crippen LogP contribution in [0.5, 0.6) is 17.2 Å². The van der Waals surface area contributed by atoms with Crippen LogP contribution < -0.4 is 9.47 Å². The molecule has 1 rings (SSSR count). The first kappa shape index (κ1) is 16.4. The van der Waals surface area contributed by atoms with E-state index in [1.54, 1.807) is 12.1 Å². The van der Waals surface area contributed by atoms with E-state index in [2.05, 4.69) is 0 Å². The van der Waals surface area contributed by atoms with Gasteiger partial charge in [0, 0.05) is 5.25 Å². The van der Waals surface area contributed by atoms with Gasteiger partial charge >= 0.3 is 0 Å². The number of benzene rings is 1. The van der Waals surface area contributed by atoms with Gasteiger partial charge in [-0.1, -0.05) is 6.92 Å². The van der Waals surface area contributed by atoms with Crippen LogP contribution in [0.3, 0.4) is 0 Å². The number of phenols is 1. The average Bonchev–Trinajstić information content (AvgIpc) is 2.45. The van der Waals surface area contributed by atoms with Gasteiger partial charge in [-0.2, -0.15) is 10.5 Å². The summed E-state index contributed by atoms with van der Waals surface area (Å²) in [6.07, 6.45) is 0. The van der Waals surface area contributed by atoms with Crippen LogP contribution in [-0.2, 0) is 0 Å². The molecular formula is C13H14N2O3S2. The van der Waals surface area contributed by atoms with E-state index >= 15 is 0 Å². The van der Waals surface area contributed by atoms with Crippen LogP contribution in [0.25, 0.3) is 0 Å². The second-order valence-electron chi connectivity index (χ2n) is 3.82. The Morgan fingerprint density at radius 2 is 1.60 bits per heavy atom. The minimum atomic E-state index is -0.229. The van der Waals surface area contributed by atoms with Gasteiger partial charge in [-0.25, -0.2) is 0 Å². The zero-order chi connectivity index (χ0) is 15.1. The number of thioether (sulfide) groups is 2. The predicted octanol–water partition coefficient (Wildman–Crippen LogP) is 3.27. The number of ether oxygens (including phenoxy) is 2. The average molecular weight is 310 g/mol. The molecule has 106 valence electrons. The molecule has 7 heteroatoms. The summed E-state index contributed by atoms with van der Waals surface area (Å²) < 4.78 is 10.2. The van der Waals surface area contributed by atoms with E-state index in [1.807, 2.05) is 17.7 Å². The van der Waals surface area contributed by atoms with Crippen molar-refractivity contribution >= 4 is 23.5 Å². The number of nitrogens with zero attached hydrogens (tertiary/aromatic N) is 2. The molecule has 0 aliphatic rings. The lowest BCUT2D eigenvalue weighted by Crippen LogP contribution is -2.08. The van der Waals surface area contributed by atoms with Gasteiger partial charge in [0.25, 0.3) is 0 Å². The highest BCUT2D eigenvalue weighted by atomic mass is 32.2. The molecule has 0 fully saturated rings. The molecule has 20 heavy (non-hydrogen) atoms. The minimum absolute atomic E-state index is 0.0833. The first-order chi connectivity index (χ1) is 9.58. The third kappa shape index (κ3) is 3.66. The number of methoxy groups -OCH3 is 2. The Morgan fingerprint density at radius 3 is 2.00 bits per heavy atom. The number of nitriles is 2. The number of aromatic hydroxyl groups is 1. The number of thiocyanates is 2. The molecule has 0 radical (unpaired) electrons. The van der Waals surface area contributed by atoms with Crippen molar-refractivity contribution in [1.29, 1.82) is 10.5 Å². The number of hydrogen-bond donors (Lipinski definition) is 1. The topological polar surface area (TPSA) is 86.3 Å². The molecule has 0 saturated carbocycles. The maximum absolute atomic E-state index is 9.89. The van der Waals surface area contributed by atoms with E-state index in [1.165, 1.54) is 14.2 Å². The summed E-state index contributed by atoms with van der Waals surface area (Å²) in [7, 11) is 2.89.